The maximum atomic E-state index is 10.9. The van der Waals surface area contributed by atoms with Gasteiger partial charge in [0, 0.05) is 6.54 Å². The highest BCUT2D eigenvalue weighted by Gasteiger charge is 2.37. The van der Waals surface area contributed by atoms with Crippen LogP contribution in [0.3, 0.4) is 0 Å². The fraction of sp³-hybridized carbons (Fsp3) is 0.727. The molecule has 0 bridgehead atoms. The van der Waals surface area contributed by atoms with Gasteiger partial charge in [0.25, 0.3) is 0 Å². The zero-order valence-electron chi connectivity index (χ0n) is 10.3. The minimum Gasteiger partial charge on any atom is -0.369 e. The van der Waals surface area contributed by atoms with Crippen molar-refractivity contribution in [2.75, 3.05) is 19.6 Å². The van der Waals surface area contributed by atoms with Crippen LogP contribution in [-0.4, -0.2) is 40.6 Å². The summed E-state index contributed by atoms with van der Waals surface area (Å²) in [5.74, 6) is 1.01. The van der Waals surface area contributed by atoms with Crippen LogP contribution in [-0.2, 0) is 10.2 Å². The van der Waals surface area contributed by atoms with Crippen LogP contribution in [0.1, 0.15) is 31.5 Å². The van der Waals surface area contributed by atoms with E-state index in [-0.39, 0.29) is 11.3 Å². The minimum absolute atomic E-state index is 0.172. The first-order valence-corrected chi connectivity index (χ1v) is 5.81. The van der Waals surface area contributed by atoms with Gasteiger partial charge in [-0.3, -0.25) is 9.69 Å². The molecule has 2 heterocycles. The molecule has 94 valence electrons. The lowest BCUT2D eigenvalue weighted by Crippen LogP contribution is -2.47. The van der Waals surface area contributed by atoms with Crippen molar-refractivity contribution in [2.45, 2.75) is 32.1 Å². The second-order valence-electron chi connectivity index (χ2n) is 4.99. The average molecular weight is 238 g/mol. The topological polar surface area (TPSA) is 85.3 Å². The van der Waals surface area contributed by atoms with Crippen molar-refractivity contribution in [3.8, 4) is 0 Å². The highest BCUT2D eigenvalue weighted by Crippen LogP contribution is 2.32. The number of nitrogens with zero attached hydrogens (tertiary/aromatic N) is 3. The Morgan fingerprint density at radius 1 is 1.65 bits per heavy atom. The quantitative estimate of drug-likeness (QED) is 0.814. The summed E-state index contributed by atoms with van der Waals surface area (Å²) in [7, 11) is 0. The number of piperidine rings is 1. The summed E-state index contributed by atoms with van der Waals surface area (Å²) < 4.78 is 5.26. The summed E-state index contributed by atoms with van der Waals surface area (Å²) in [5.41, 5.74) is 5.05. The molecule has 1 atom stereocenters. The van der Waals surface area contributed by atoms with Crippen LogP contribution in [0.5, 0.6) is 0 Å². The van der Waals surface area contributed by atoms with Gasteiger partial charge in [0.1, 0.15) is 0 Å². The SMILES string of the molecule is Cc1noc([C@]2(C)CCCN(CC(N)=O)C2)n1. The van der Waals surface area contributed by atoms with Crippen molar-refractivity contribution in [3.05, 3.63) is 11.7 Å². The zero-order chi connectivity index (χ0) is 12.5. The molecule has 0 unspecified atom stereocenters. The zero-order valence-corrected chi connectivity index (χ0v) is 10.3. The molecule has 0 spiro atoms. The van der Waals surface area contributed by atoms with Crippen molar-refractivity contribution < 1.29 is 9.32 Å². The predicted octanol–water partition coefficient (Wildman–Crippen LogP) is 0.217. The van der Waals surface area contributed by atoms with E-state index in [0.717, 1.165) is 25.9 Å². The molecule has 0 aliphatic carbocycles. The largest absolute Gasteiger partial charge is 0.369 e. The highest BCUT2D eigenvalue weighted by molar-refractivity contribution is 5.75. The van der Waals surface area contributed by atoms with E-state index in [0.29, 0.717) is 18.3 Å². The summed E-state index contributed by atoms with van der Waals surface area (Å²) in [6.45, 7) is 5.82. The molecule has 1 aromatic heterocycles. The molecule has 0 saturated carbocycles. The van der Waals surface area contributed by atoms with E-state index in [1.807, 2.05) is 4.90 Å². The Morgan fingerprint density at radius 2 is 2.41 bits per heavy atom. The van der Waals surface area contributed by atoms with Gasteiger partial charge in [-0.15, -0.1) is 0 Å². The van der Waals surface area contributed by atoms with E-state index >= 15 is 0 Å². The average Bonchev–Trinajstić information content (AvgIpc) is 2.64. The van der Waals surface area contributed by atoms with Crippen molar-refractivity contribution in [1.82, 2.24) is 15.0 Å². The molecule has 2 rings (SSSR count). The fourth-order valence-corrected chi connectivity index (χ4v) is 2.42. The van der Waals surface area contributed by atoms with Crippen LogP contribution in [0.15, 0.2) is 4.52 Å². The van der Waals surface area contributed by atoms with Crippen LogP contribution in [0, 0.1) is 6.92 Å². The summed E-state index contributed by atoms with van der Waals surface area (Å²) in [4.78, 5) is 17.3. The molecule has 1 aromatic rings. The maximum Gasteiger partial charge on any atom is 0.233 e. The van der Waals surface area contributed by atoms with E-state index in [4.69, 9.17) is 10.3 Å². The van der Waals surface area contributed by atoms with Gasteiger partial charge in [-0.05, 0) is 33.2 Å². The maximum absolute atomic E-state index is 10.9. The lowest BCUT2D eigenvalue weighted by molar-refractivity contribution is -0.119. The molecule has 0 aromatic carbocycles. The molecular weight excluding hydrogens is 220 g/mol. The monoisotopic (exact) mass is 238 g/mol. The molecule has 0 radical (unpaired) electrons. The van der Waals surface area contributed by atoms with E-state index in [9.17, 15) is 4.79 Å². The number of aromatic nitrogens is 2. The summed E-state index contributed by atoms with van der Waals surface area (Å²) >= 11 is 0. The summed E-state index contributed by atoms with van der Waals surface area (Å²) in [6, 6.07) is 0. The third-order valence-electron chi connectivity index (χ3n) is 3.20. The number of carbonyl (C=O) groups excluding carboxylic acids is 1. The van der Waals surface area contributed by atoms with Crippen molar-refractivity contribution in [3.63, 3.8) is 0 Å². The van der Waals surface area contributed by atoms with Gasteiger partial charge >= 0.3 is 0 Å². The van der Waals surface area contributed by atoms with E-state index < -0.39 is 0 Å². The molecule has 1 aliphatic heterocycles. The van der Waals surface area contributed by atoms with Gasteiger partial charge in [-0.2, -0.15) is 4.98 Å². The smallest absolute Gasteiger partial charge is 0.233 e. The van der Waals surface area contributed by atoms with Gasteiger partial charge in [0.2, 0.25) is 11.8 Å². The summed E-state index contributed by atoms with van der Waals surface area (Å²) in [6.07, 6.45) is 2.00. The number of amides is 1. The van der Waals surface area contributed by atoms with Crippen molar-refractivity contribution >= 4 is 5.91 Å². The van der Waals surface area contributed by atoms with E-state index in [1.165, 1.54) is 0 Å². The van der Waals surface area contributed by atoms with Gasteiger partial charge in [-0.25, -0.2) is 0 Å². The Bertz CT molecular complexity index is 417. The number of primary amides is 1. The number of hydrogen-bond donors (Lipinski definition) is 1. The first-order valence-electron chi connectivity index (χ1n) is 5.81. The Labute approximate surface area is 100 Å². The lowest BCUT2D eigenvalue weighted by atomic mass is 9.81. The molecule has 1 amide bonds. The minimum atomic E-state index is -0.295. The molecule has 6 heteroatoms. The first-order chi connectivity index (χ1) is 7.99. The van der Waals surface area contributed by atoms with Crippen LogP contribution < -0.4 is 5.73 Å². The molecule has 1 fully saturated rings. The molecular formula is C11H18N4O2. The Hall–Kier alpha value is -1.43. The summed E-state index contributed by atoms with van der Waals surface area (Å²) in [5, 5.41) is 3.83. The lowest BCUT2D eigenvalue weighted by Gasteiger charge is -2.37. The molecule has 1 saturated heterocycles. The molecule has 1 aliphatic rings. The number of nitrogens with two attached hydrogens (primary N) is 1. The van der Waals surface area contributed by atoms with Crippen LogP contribution in [0.4, 0.5) is 0 Å². The van der Waals surface area contributed by atoms with E-state index in [1.54, 1.807) is 6.92 Å². The van der Waals surface area contributed by atoms with Crippen molar-refractivity contribution in [2.24, 2.45) is 5.73 Å². The Morgan fingerprint density at radius 3 is 3.00 bits per heavy atom. The van der Waals surface area contributed by atoms with E-state index in [2.05, 4.69) is 17.1 Å². The van der Waals surface area contributed by atoms with Crippen LogP contribution in [0.25, 0.3) is 0 Å². The normalized spacial score (nSPS) is 26.0. The second kappa shape index (κ2) is 4.44. The van der Waals surface area contributed by atoms with Gasteiger partial charge in [0.15, 0.2) is 5.82 Å². The number of rotatable bonds is 3. The van der Waals surface area contributed by atoms with Crippen LogP contribution in [0.2, 0.25) is 0 Å². The highest BCUT2D eigenvalue weighted by atomic mass is 16.5. The van der Waals surface area contributed by atoms with Gasteiger partial charge in [0.05, 0.1) is 12.0 Å². The van der Waals surface area contributed by atoms with Crippen molar-refractivity contribution in [1.29, 1.82) is 0 Å². The third-order valence-corrected chi connectivity index (χ3v) is 3.20. The van der Waals surface area contributed by atoms with Crippen LogP contribution >= 0.6 is 0 Å². The number of hydrogen-bond acceptors (Lipinski definition) is 5. The number of aryl methyl sites for hydroxylation is 1. The molecule has 2 N–H and O–H groups in total. The van der Waals surface area contributed by atoms with Gasteiger partial charge < -0.3 is 10.3 Å². The fourth-order valence-electron chi connectivity index (χ4n) is 2.42. The molecule has 17 heavy (non-hydrogen) atoms. The number of likely N-dealkylation sites (tertiary alicyclic amines) is 1. The Kier molecular flexibility index (Phi) is 3.15. The first kappa shape index (κ1) is 12.0. The second-order valence-corrected chi connectivity index (χ2v) is 4.99. The standard InChI is InChI=1S/C11H18N4O2/c1-8-13-10(17-14-8)11(2)4-3-5-15(7-11)6-9(12)16/h3-7H2,1-2H3,(H2,12,16)/t11-/m1/s1. The predicted molar refractivity (Wildman–Crippen MR) is 61.3 cm³/mol. The Balaban J connectivity index is 2.12. The number of carbonyl (C=O) groups is 1. The third kappa shape index (κ3) is 2.63. The van der Waals surface area contributed by atoms with Gasteiger partial charge in [-0.1, -0.05) is 5.16 Å². The molecule has 6 nitrogen and oxygen atoms in total.